The van der Waals surface area contributed by atoms with Gasteiger partial charge < -0.3 is 5.32 Å². The molecule has 3 heterocycles. The number of nitrogens with zero attached hydrogens (tertiary/aromatic N) is 7. The highest BCUT2D eigenvalue weighted by atomic mass is 15.3. The summed E-state index contributed by atoms with van der Waals surface area (Å²) in [5, 5.41) is 2.94. The van der Waals surface area contributed by atoms with E-state index in [0.717, 1.165) is 11.4 Å². The lowest BCUT2D eigenvalue weighted by Crippen LogP contribution is -2.11. The third kappa shape index (κ3) is 2.00. The molecule has 0 radical (unpaired) electrons. The van der Waals surface area contributed by atoms with Crippen molar-refractivity contribution in [3.63, 3.8) is 0 Å². The lowest BCUT2D eigenvalue weighted by Gasteiger charge is -2.08. The Hall–Kier alpha value is -2.77. The van der Waals surface area contributed by atoms with Crippen LogP contribution in [0.2, 0.25) is 0 Å². The summed E-state index contributed by atoms with van der Waals surface area (Å²) < 4.78 is 3.56. The Morgan fingerprint density at radius 3 is 2.45 bits per heavy atom. The molecule has 0 spiro atoms. The monoisotopic (exact) mass is 270 g/mol. The van der Waals surface area contributed by atoms with Crippen molar-refractivity contribution >= 4 is 5.95 Å². The van der Waals surface area contributed by atoms with E-state index in [-0.39, 0.29) is 0 Å². The van der Waals surface area contributed by atoms with Crippen LogP contribution in [0.15, 0.2) is 25.0 Å². The number of hydrogen-bond donors (Lipinski definition) is 1. The molecule has 0 unspecified atom stereocenters. The van der Waals surface area contributed by atoms with Gasteiger partial charge in [0.1, 0.15) is 12.7 Å². The Morgan fingerprint density at radius 1 is 1.05 bits per heavy atom. The highest BCUT2D eigenvalue weighted by Crippen LogP contribution is 2.13. The van der Waals surface area contributed by atoms with Gasteiger partial charge in [0.15, 0.2) is 0 Å². The summed E-state index contributed by atoms with van der Waals surface area (Å²) in [5.41, 5.74) is 1.94. The molecule has 20 heavy (non-hydrogen) atoms. The van der Waals surface area contributed by atoms with Crippen LogP contribution in [0.5, 0.6) is 0 Å². The first-order valence-electron chi connectivity index (χ1n) is 6.12. The smallest absolute Gasteiger partial charge is 0.241 e. The molecule has 1 N–H and O–H groups in total. The summed E-state index contributed by atoms with van der Waals surface area (Å²) >= 11 is 0. The van der Waals surface area contributed by atoms with E-state index in [1.807, 2.05) is 18.4 Å². The summed E-state index contributed by atoms with van der Waals surface area (Å²) in [6, 6.07) is 0. The van der Waals surface area contributed by atoms with Crippen LogP contribution in [-0.2, 0) is 0 Å². The largest absolute Gasteiger partial charge is 0.357 e. The van der Waals surface area contributed by atoms with Crippen LogP contribution >= 0.6 is 0 Å². The molecular weight excluding hydrogens is 256 g/mol. The number of imidazole rings is 2. The highest BCUT2D eigenvalue weighted by Gasteiger charge is 2.11. The molecule has 0 amide bonds. The average molecular weight is 270 g/mol. The molecule has 8 heteroatoms. The van der Waals surface area contributed by atoms with Gasteiger partial charge in [-0.1, -0.05) is 0 Å². The Labute approximate surface area is 115 Å². The van der Waals surface area contributed by atoms with Gasteiger partial charge in [-0.3, -0.25) is 9.13 Å². The first-order chi connectivity index (χ1) is 9.69. The second kappa shape index (κ2) is 4.72. The summed E-state index contributed by atoms with van der Waals surface area (Å²) in [7, 11) is 1.77. The van der Waals surface area contributed by atoms with Crippen LogP contribution in [-0.4, -0.2) is 41.1 Å². The van der Waals surface area contributed by atoms with Crippen LogP contribution in [0.3, 0.4) is 0 Å². The lowest BCUT2D eigenvalue weighted by molar-refractivity contribution is 0.828. The first kappa shape index (κ1) is 12.3. The zero-order valence-electron chi connectivity index (χ0n) is 11.4. The number of aromatic nitrogens is 7. The molecule has 0 aliphatic carbocycles. The molecule has 3 aromatic rings. The van der Waals surface area contributed by atoms with Crippen LogP contribution in [0.25, 0.3) is 11.9 Å². The molecule has 8 nitrogen and oxygen atoms in total. The Balaban J connectivity index is 2.16. The Kier molecular flexibility index (Phi) is 2.90. The van der Waals surface area contributed by atoms with E-state index in [2.05, 4.69) is 30.2 Å². The topological polar surface area (TPSA) is 86.3 Å². The fourth-order valence-corrected chi connectivity index (χ4v) is 1.77. The summed E-state index contributed by atoms with van der Waals surface area (Å²) in [6.07, 6.45) is 6.81. The van der Waals surface area contributed by atoms with Crippen LogP contribution < -0.4 is 5.32 Å². The molecule has 0 saturated carbocycles. The molecule has 3 rings (SSSR count). The normalized spacial score (nSPS) is 10.8. The molecule has 0 aliphatic heterocycles. The lowest BCUT2D eigenvalue weighted by atomic mass is 10.4. The molecule has 0 atom stereocenters. The summed E-state index contributed by atoms with van der Waals surface area (Å²) in [5.74, 6) is 1.51. The third-order valence-corrected chi connectivity index (χ3v) is 3.04. The van der Waals surface area contributed by atoms with Gasteiger partial charge in [0, 0.05) is 25.1 Å². The zero-order chi connectivity index (χ0) is 14.1. The molecule has 0 saturated heterocycles. The van der Waals surface area contributed by atoms with E-state index >= 15 is 0 Å². The minimum atomic E-state index is 0.490. The minimum Gasteiger partial charge on any atom is -0.357 e. The third-order valence-electron chi connectivity index (χ3n) is 3.04. The van der Waals surface area contributed by atoms with Crippen molar-refractivity contribution in [1.29, 1.82) is 0 Å². The van der Waals surface area contributed by atoms with Crippen LogP contribution in [0, 0.1) is 13.8 Å². The highest BCUT2D eigenvalue weighted by molar-refractivity contribution is 5.33. The van der Waals surface area contributed by atoms with Crippen molar-refractivity contribution in [2.45, 2.75) is 13.8 Å². The minimum absolute atomic E-state index is 0.490. The first-order valence-corrected chi connectivity index (χ1v) is 6.12. The summed E-state index contributed by atoms with van der Waals surface area (Å²) in [6.45, 7) is 3.92. The van der Waals surface area contributed by atoms with Crippen molar-refractivity contribution < 1.29 is 0 Å². The van der Waals surface area contributed by atoms with Crippen molar-refractivity contribution in [2.24, 2.45) is 0 Å². The van der Waals surface area contributed by atoms with E-state index in [0.29, 0.717) is 17.8 Å². The van der Waals surface area contributed by atoms with Gasteiger partial charge in [-0.15, -0.1) is 0 Å². The molecule has 3 aromatic heterocycles. The van der Waals surface area contributed by atoms with E-state index in [1.54, 1.807) is 36.7 Å². The number of rotatable bonds is 3. The maximum Gasteiger partial charge on any atom is 0.241 e. The molecule has 0 bridgehead atoms. The van der Waals surface area contributed by atoms with E-state index in [9.17, 15) is 0 Å². The number of aryl methyl sites for hydroxylation is 1. The molecule has 0 aromatic carbocycles. The second-order valence-electron chi connectivity index (χ2n) is 4.26. The van der Waals surface area contributed by atoms with Crippen molar-refractivity contribution in [1.82, 2.24) is 34.1 Å². The van der Waals surface area contributed by atoms with Crippen molar-refractivity contribution in [3.05, 3.63) is 36.4 Å². The van der Waals surface area contributed by atoms with Gasteiger partial charge in [0.25, 0.3) is 0 Å². The van der Waals surface area contributed by atoms with Gasteiger partial charge in [-0.25, -0.2) is 9.97 Å². The van der Waals surface area contributed by atoms with Crippen molar-refractivity contribution in [3.8, 4) is 11.9 Å². The fraction of sp³-hybridized carbons (Fsp3) is 0.250. The predicted octanol–water partition coefficient (Wildman–Crippen LogP) is 0.902. The predicted molar refractivity (Wildman–Crippen MR) is 73.1 cm³/mol. The average Bonchev–Trinajstić information content (AvgIpc) is 3.10. The number of hydrogen-bond acceptors (Lipinski definition) is 6. The quantitative estimate of drug-likeness (QED) is 0.761. The molecule has 0 fully saturated rings. The van der Waals surface area contributed by atoms with Gasteiger partial charge >= 0.3 is 0 Å². The van der Waals surface area contributed by atoms with Crippen LogP contribution in [0.1, 0.15) is 11.4 Å². The standard InChI is InChI=1S/C12H14N8/c1-8-9(2)20(7-15-8)12-17-10(13-3)16-11(18-12)19-5-4-14-6-19/h4-7H,1-3H3,(H,13,16,17,18). The second-order valence-corrected chi connectivity index (χ2v) is 4.26. The van der Waals surface area contributed by atoms with Gasteiger partial charge in [-0.05, 0) is 13.8 Å². The van der Waals surface area contributed by atoms with E-state index in [4.69, 9.17) is 0 Å². The maximum atomic E-state index is 4.45. The fourth-order valence-electron chi connectivity index (χ4n) is 1.77. The number of anilines is 1. The molecule has 0 aliphatic rings. The zero-order valence-corrected chi connectivity index (χ0v) is 11.4. The Bertz CT molecular complexity index is 728. The van der Waals surface area contributed by atoms with Gasteiger partial charge in [0.2, 0.25) is 17.8 Å². The SMILES string of the molecule is CNc1nc(-n2ccnc2)nc(-n2cnc(C)c2C)n1. The van der Waals surface area contributed by atoms with Gasteiger partial charge in [-0.2, -0.15) is 15.0 Å². The van der Waals surface area contributed by atoms with Crippen LogP contribution in [0.4, 0.5) is 5.95 Å². The number of nitrogens with one attached hydrogen (secondary N) is 1. The Morgan fingerprint density at radius 2 is 1.85 bits per heavy atom. The van der Waals surface area contributed by atoms with E-state index < -0.39 is 0 Å². The molecular formula is C12H14N8. The van der Waals surface area contributed by atoms with Gasteiger partial charge in [0.05, 0.1) is 5.69 Å². The van der Waals surface area contributed by atoms with E-state index in [1.165, 1.54) is 0 Å². The molecule has 102 valence electrons. The summed E-state index contributed by atoms with van der Waals surface area (Å²) in [4.78, 5) is 21.4. The maximum absolute atomic E-state index is 4.45. The van der Waals surface area contributed by atoms with Crippen molar-refractivity contribution in [2.75, 3.05) is 12.4 Å².